The van der Waals surface area contributed by atoms with Gasteiger partial charge in [0.15, 0.2) is 0 Å². The van der Waals surface area contributed by atoms with Gasteiger partial charge in [-0.15, -0.1) is 11.8 Å². The van der Waals surface area contributed by atoms with Gasteiger partial charge in [-0.3, -0.25) is 9.67 Å². The van der Waals surface area contributed by atoms with Crippen LogP contribution >= 0.6 is 23.4 Å². The second-order valence-corrected chi connectivity index (χ2v) is 14.1. The third-order valence-corrected chi connectivity index (χ3v) is 10.9. The summed E-state index contributed by atoms with van der Waals surface area (Å²) >= 11 is 8.80. The number of aromatic carboxylic acids is 1. The van der Waals surface area contributed by atoms with E-state index in [1.54, 1.807) is 28.5 Å². The van der Waals surface area contributed by atoms with Crippen LogP contribution in [0.3, 0.4) is 0 Å². The molecule has 7 nitrogen and oxygen atoms in total. The van der Waals surface area contributed by atoms with Crippen LogP contribution in [0.1, 0.15) is 57.1 Å². The van der Waals surface area contributed by atoms with Crippen LogP contribution in [-0.2, 0) is 50.8 Å². The Hall–Kier alpha value is -4.34. The van der Waals surface area contributed by atoms with Crippen molar-refractivity contribution in [3.63, 3.8) is 0 Å². The molecular formula is C38H34ClFN4O3S. The first-order valence-electron chi connectivity index (χ1n) is 16.3. The monoisotopic (exact) mass is 680 g/mol. The molecule has 0 fully saturated rings. The fourth-order valence-corrected chi connectivity index (χ4v) is 8.55. The Bertz CT molecular complexity index is 2230. The van der Waals surface area contributed by atoms with Crippen molar-refractivity contribution >= 4 is 51.0 Å². The van der Waals surface area contributed by atoms with E-state index in [4.69, 9.17) is 26.4 Å². The molecule has 0 radical (unpaired) electrons. The van der Waals surface area contributed by atoms with Gasteiger partial charge in [0.1, 0.15) is 17.3 Å². The Morgan fingerprint density at radius 1 is 0.958 bits per heavy atom. The SMILES string of the molecule is Cn1c(C(=O)O)c2c3ccc(Cl)c(c31)-c1c(nn3c1CCC3)CSCc1ccc(cn1)CCc1cc(c3ccc(F)cc3c1)OCCC2. The predicted molar refractivity (Wildman–Crippen MR) is 189 cm³/mol. The van der Waals surface area contributed by atoms with E-state index in [0.717, 1.165) is 105 Å². The highest BCUT2D eigenvalue weighted by Gasteiger charge is 2.29. The summed E-state index contributed by atoms with van der Waals surface area (Å²) in [6, 6.07) is 16.9. The first-order valence-corrected chi connectivity index (χ1v) is 17.9. The summed E-state index contributed by atoms with van der Waals surface area (Å²) in [5.41, 5.74) is 9.00. The zero-order valence-electron chi connectivity index (χ0n) is 26.6. The van der Waals surface area contributed by atoms with Crippen molar-refractivity contribution in [2.24, 2.45) is 7.05 Å². The number of fused-ring (bicyclic) bond motifs is 10. The smallest absolute Gasteiger partial charge is 0.352 e. The highest BCUT2D eigenvalue weighted by atomic mass is 35.5. The number of aryl methyl sites for hydroxylation is 5. The minimum Gasteiger partial charge on any atom is -0.493 e. The van der Waals surface area contributed by atoms with Gasteiger partial charge in [-0.25, -0.2) is 9.18 Å². The molecule has 3 aliphatic heterocycles. The van der Waals surface area contributed by atoms with E-state index < -0.39 is 5.97 Å². The molecule has 1 N–H and O–H groups in total. The number of carbonyl (C=O) groups is 1. The average Bonchev–Trinajstić information content (AvgIpc) is 3.74. The molecule has 0 amide bonds. The molecule has 244 valence electrons. The topological polar surface area (TPSA) is 82.2 Å². The van der Waals surface area contributed by atoms with Crippen molar-refractivity contribution in [2.45, 2.75) is 56.6 Å². The lowest BCUT2D eigenvalue weighted by atomic mass is 9.97. The number of nitrogens with zero attached hydrogens (tertiary/aromatic N) is 4. The van der Waals surface area contributed by atoms with Crippen molar-refractivity contribution in [3.8, 4) is 16.9 Å². The summed E-state index contributed by atoms with van der Waals surface area (Å²) in [4.78, 5) is 17.6. The lowest BCUT2D eigenvalue weighted by molar-refractivity contribution is 0.0685. The maximum atomic E-state index is 14.3. The van der Waals surface area contributed by atoms with Crippen LogP contribution in [0, 0.1) is 5.82 Å². The molecule has 0 spiro atoms. The van der Waals surface area contributed by atoms with Gasteiger partial charge in [0.05, 0.1) is 28.5 Å². The van der Waals surface area contributed by atoms with Gasteiger partial charge in [0, 0.05) is 58.9 Å². The number of carboxylic acids is 1. The second-order valence-electron chi connectivity index (χ2n) is 12.7. The third-order valence-electron chi connectivity index (χ3n) is 9.62. The molecule has 48 heavy (non-hydrogen) atoms. The van der Waals surface area contributed by atoms with Gasteiger partial charge in [0.25, 0.3) is 0 Å². The van der Waals surface area contributed by atoms with E-state index >= 15 is 0 Å². The molecule has 0 aliphatic carbocycles. The van der Waals surface area contributed by atoms with E-state index in [2.05, 4.69) is 16.8 Å². The molecule has 0 saturated heterocycles. The maximum absolute atomic E-state index is 14.3. The summed E-state index contributed by atoms with van der Waals surface area (Å²) in [6.07, 6.45) is 6.51. The minimum atomic E-state index is -0.979. The summed E-state index contributed by atoms with van der Waals surface area (Å²) < 4.78 is 24.5. The highest BCUT2D eigenvalue weighted by Crippen LogP contribution is 2.44. The van der Waals surface area contributed by atoms with Crippen LogP contribution in [0.2, 0.25) is 5.02 Å². The Balaban J connectivity index is 1.25. The number of pyridine rings is 1. The lowest BCUT2D eigenvalue weighted by Crippen LogP contribution is -2.09. The van der Waals surface area contributed by atoms with Gasteiger partial charge in [-0.1, -0.05) is 29.8 Å². The average molecular weight is 681 g/mol. The van der Waals surface area contributed by atoms with Crippen LogP contribution in [0.15, 0.2) is 60.8 Å². The zero-order valence-corrected chi connectivity index (χ0v) is 28.1. The van der Waals surface area contributed by atoms with E-state index in [0.29, 0.717) is 36.0 Å². The maximum Gasteiger partial charge on any atom is 0.352 e. The molecule has 3 aromatic heterocycles. The van der Waals surface area contributed by atoms with E-state index in [1.165, 1.54) is 6.07 Å². The molecular weight excluding hydrogens is 647 g/mol. The largest absolute Gasteiger partial charge is 0.493 e. The Kier molecular flexibility index (Phi) is 8.13. The molecule has 0 unspecified atom stereocenters. The van der Waals surface area contributed by atoms with Crippen LogP contribution < -0.4 is 4.74 Å². The summed E-state index contributed by atoms with van der Waals surface area (Å²) in [5, 5.41) is 18.6. The van der Waals surface area contributed by atoms with E-state index in [9.17, 15) is 14.3 Å². The molecule has 0 atom stereocenters. The molecule has 0 saturated carbocycles. The van der Waals surface area contributed by atoms with E-state index in [-0.39, 0.29) is 11.5 Å². The fraction of sp³-hybridized carbons (Fsp3) is 0.289. The molecule has 9 rings (SSSR count). The van der Waals surface area contributed by atoms with Crippen molar-refractivity contribution in [2.75, 3.05) is 6.61 Å². The van der Waals surface area contributed by atoms with Crippen LogP contribution in [0.25, 0.3) is 32.8 Å². The van der Waals surface area contributed by atoms with Crippen molar-refractivity contribution < 1.29 is 19.0 Å². The van der Waals surface area contributed by atoms with Gasteiger partial charge in [-0.05, 0) is 97.0 Å². The van der Waals surface area contributed by atoms with Gasteiger partial charge in [0.2, 0.25) is 0 Å². The molecule has 10 heteroatoms. The number of benzene rings is 3. The lowest BCUT2D eigenvalue weighted by Gasteiger charge is -2.13. The normalized spacial score (nSPS) is 15.2. The van der Waals surface area contributed by atoms with Crippen LogP contribution in [-0.4, -0.2) is 37.0 Å². The standard InChI is InChI=1S/C38H34ClFN4O3S/c1-43-36-29-12-13-30(39)34(36)35-31(42-44-14-2-5-32(35)44)21-48-20-26-10-8-22(19-41-26)6-7-23-16-24-18-25(40)9-11-27(24)33(17-23)47-15-3-4-28(29)37(43)38(45)46/h8-13,16-19H,2-7,14-15,20-21H2,1H3,(H,45,46). The molecule has 6 heterocycles. The predicted octanol–water partition coefficient (Wildman–Crippen LogP) is 8.57. The quantitative estimate of drug-likeness (QED) is 0.187. The number of halogens is 2. The number of hydrogen-bond acceptors (Lipinski definition) is 5. The Morgan fingerprint density at radius 3 is 2.65 bits per heavy atom. The first-order chi connectivity index (χ1) is 23.4. The van der Waals surface area contributed by atoms with Crippen molar-refractivity contribution in [3.05, 3.63) is 111 Å². The molecule has 6 aromatic rings. The fourth-order valence-electron chi connectivity index (χ4n) is 7.43. The number of thioether (sulfide) groups is 1. The van der Waals surface area contributed by atoms with E-state index in [1.807, 2.05) is 37.5 Å². The summed E-state index contributed by atoms with van der Waals surface area (Å²) in [6.45, 7) is 1.23. The summed E-state index contributed by atoms with van der Waals surface area (Å²) in [5.74, 6) is 0.835. The number of carboxylic acid groups (broad SMARTS) is 1. The first kappa shape index (κ1) is 31.0. The minimum absolute atomic E-state index is 0.254. The van der Waals surface area contributed by atoms with Crippen LogP contribution in [0.5, 0.6) is 5.75 Å². The number of aromatic nitrogens is 4. The van der Waals surface area contributed by atoms with Crippen molar-refractivity contribution in [1.29, 1.82) is 0 Å². The Morgan fingerprint density at radius 2 is 1.81 bits per heavy atom. The van der Waals surface area contributed by atoms with Gasteiger partial charge >= 0.3 is 5.97 Å². The molecule has 3 aliphatic rings. The second kappa shape index (κ2) is 12.6. The van der Waals surface area contributed by atoms with Gasteiger partial charge < -0.3 is 14.4 Å². The summed E-state index contributed by atoms with van der Waals surface area (Å²) in [7, 11) is 1.82. The van der Waals surface area contributed by atoms with Gasteiger partial charge in [-0.2, -0.15) is 5.10 Å². The third kappa shape index (κ3) is 5.52. The number of ether oxygens (including phenoxy) is 1. The Labute approximate surface area is 286 Å². The van der Waals surface area contributed by atoms with Crippen LogP contribution in [0.4, 0.5) is 4.39 Å². The highest BCUT2D eigenvalue weighted by molar-refractivity contribution is 7.97. The van der Waals surface area contributed by atoms with Crippen molar-refractivity contribution in [1.82, 2.24) is 19.3 Å². The zero-order chi connectivity index (χ0) is 32.9. The molecule has 8 bridgehead atoms. The number of hydrogen-bond donors (Lipinski definition) is 1. The number of rotatable bonds is 1. The molecule has 3 aromatic carbocycles.